The second-order valence-electron chi connectivity index (χ2n) is 7.69. The topological polar surface area (TPSA) is 75.7 Å². The highest BCUT2D eigenvalue weighted by Gasteiger charge is 2.30. The summed E-state index contributed by atoms with van der Waals surface area (Å²) in [5, 5.41) is 2.97. The van der Waals surface area contributed by atoms with Crippen molar-refractivity contribution in [1.29, 1.82) is 0 Å². The molecule has 0 aliphatic carbocycles. The Morgan fingerprint density at radius 1 is 1.03 bits per heavy atom. The van der Waals surface area contributed by atoms with Crippen molar-refractivity contribution in [2.75, 3.05) is 17.2 Å². The number of rotatable bonds is 8. The number of hydrogen-bond acceptors (Lipinski definition) is 4. The highest BCUT2D eigenvalue weighted by atomic mass is 32.2. The van der Waals surface area contributed by atoms with E-state index in [1.165, 1.54) is 5.56 Å². The maximum Gasteiger partial charge on any atom is 0.244 e. The lowest BCUT2D eigenvalue weighted by atomic mass is 9.96. The Hall–Kier alpha value is -2.54. The van der Waals surface area contributed by atoms with Gasteiger partial charge in [0.25, 0.3) is 0 Å². The molecule has 0 unspecified atom stereocenters. The number of amides is 1. The van der Waals surface area contributed by atoms with Gasteiger partial charge >= 0.3 is 0 Å². The van der Waals surface area contributed by atoms with Gasteiger partial charge in [-0.2, -0.15) is 0 Å². The van der Waals surface area contributed by atoms with E-state index in [-0.39, 0.29) is 11.9 Å². The van der Waals surface area contributed by atoms with Crippen LogP contribution < -0.4 is 14.4 Å². The van der Waals surface area contributed by atoms with E-state index in [4.69, 9.17) is 4.74 Å². The molecular formula is C23H32N2O4S. The Kier molecular flexibility index (Phi) is 7.53. The number of ether oxygens (including phenoxy) is 1. The number of hydrogen-bond donors (Lipinski definition) is 1. The van der Waals surface area contributed by atoms with Gasteiger partial charge in [0.05, 0.1) is 24.6 Å². The molecule has 0 radical (unpaired) electrons. The van der Waals surface area contributed by atoms with E-state index in [1.54, 1.807) is 31.2 Å². The maximum atomic E-state index is 13.0. The predicted octanol–water partition coefficient (Wildman–Crippen LogP) is 4.04. The number of sulfonamides is 1. The number of nitrogens with one attached hydrogen (secondary N) is 1. The van der Waals surface area contributed by atoms with E-state index in [2.05, 4.69) is 24.4 Å². The van der Waals surface area contributed by atoms with Gasteiger partial charge in [-0.3, -0.25) is 9.10 Å². The summed E-state index contributed by atoms with van der Waals surface area (Å²) in [5.74, 6) is 0.282. The summed E-state index contributed by atoms with van der Waals surface area (Å²) >= 11 is 0. The Balaban J connectivity index is 2.27. The van der Waals surface area contributed by atoms with Crippen molar-refractivity contribution in [3.63, 3.8) is 0 Å². The zero-order chi connectivity index (χ0) is 22.6. The molecule has 30 heavy (non-hydrogen) atoms. The molecule has 1 N–H and O–H groups in total. The molecule has 0 aromatic heterocycles. The summed E-state index contributed by atoms with van der Waals surface area (Å²) in [6.07, 6.45) is 1.10. The van der Waals surface area contributed by atoms with Gasteiger partial charge in [-0.1, -0.05) is 12.1 Å². The van der Waals surface area contributed by atoms with Crippen molar-refractivity contribution in [2.45, 2.75) is 53.6 Å². The van der Waals surface area contributed by atoms with E-state index < -0.39 is 16.1 Å². The first kappa shape index (κ1) is 23.7. The molecule has 6 nitrogen and oxygen atoms in total. The summed E-state index contributed by atoms with van der Waals surface area (Å²) in [6.45, 7) is 12.0. The SMILES string of the molecule is CCOc1ccc(N([C@H](C)C(=O)N[C@@H](C)c2cc(C)c(C)cc2C)S(C)(=O)=O)cc1. The van der Waals surface area contributed by atoms with Crippen LogP contribution in [0.1, 0.15) is 49.1 Å². The summed E-state index contributed by atoms with van der Waals surface area (Å²) in [7, 11) is -3.68. The molecule has 0 saturated carbocycles. The molecule has 2 aromatic carbocycles. The first-order chi connectivity index (χ1) is 14.0. The van der Waals surface area contributed by atoms with Crippen molar-refractivity contribution >= 4 is 21.6 Å². The third-order valence-electron chi connectivity index (χ3n) is 5.20. The van der Waals surface area contributed by atoms with Crippen LogP contribution in [0, 0.1) is 20.8 Å². The van der Waals surface area contributed by atoms with Gasteiger partial charge in [0.2, 0.25) is 15.9 Å². The minimum atomic E-state index is -3.68. The number of aryl methyl sites for hydroxylation is 3. The van der Waals surface area contributed by atoms with Crippen LogP contribution in [0.4, 0.5) is 5.69 Å². The summed E-state index contributed by atoms with van der Waals surface area (Å²) < 4.78 is 31.5. The van der Waals surface area contributed by atoms with Crippen LogP contribution >= 0.6 is 0 Å². The number of benzene rings is 2. The van der Waals surface area contributed by atoms with Crippen LogP contribution in [0.25, 0.3) is 0 Å². The average molecular weight is 433 g/mol. The first-order valence-corrected chi connectivity index (χ1v) is 11.9. The van der Waals surface area contributed by atoms with E-state index in [0.29, 0.717) is 18.0 Å². The average Bonchev–Trinajstić information content (AvgIpc) is 2.65. The normalized spacial score (nSPS) is 13.4. The fraction of sp³-hybridized carbons (Fsp3) is 0.435. The standard InChI is InChI=1S/C23H32N2O4S/c1-8-29-21-11-9-20(10-12-21)25(30(7,27)28)19(6)23(26)24-18(5)22-14-16(3)15(2)13-17(22)4/h9-14,18-19H,8H2,1-7H3,(H,24,26)/t18-,19+/m0/s1. The fourth-order valence-electron chi connectivity index (χ4n) is 3.53. The molecule has 2 atom stereocenters. The largest absolute Gasteiger partial charge is 0.494 e. The molecule has 0 heterocycles. The fourth-order valence-corrected chi connectivity index (χ4v) is 4.70. The van der Waals surface area contributed by atoms with Crippen molar-refractivity contribution in [3.8, 4) is 5.75 Å². The zero-order valence-corrected chi connectivity index (χ0v) is 19.6. The van der Waals surface area contributed by atoms with Crippen molar-refractivity contribution in [2.24, 2.45) is 0 Å². The summed E-state index contributed by atoms with van der Waals surface area (Å²) in [4.78, 5) is 13.0. The van der Waals surface area contributed by atoms with Crippen molar-refractivity contribution in [1.82, 2.24) is 5.32 Å². The monoisotopic (exact) mass is 432 g/mol. The van der Waals surface area contributed by atoms with Crippen LogP contribution in [0.15, 0.2) is 36.4 Å². The molecular weight excluding hydrogens is 400 g/mol. The van der Waals surface area contributed by atoms with Crippen LogP contribution in [-0.2, 0) is 14.8 Å². The highest BCUT2D eigenvalue weighted by Crippen LogP contribution is 2.25. The number of carbonyl (C=O) groups is 1. The van der Waals surface area contributed by atoms with E-state index in [0.717, 1.165) is 27.3 Å². The minimum Gasteiger partial charge on any atom is -0.494 e. The van der Waals surface area contributed by atoms with Crippen LogP contribution in [-0.4, -0.2) is 33.2 Å². The second-order valence-corrected chi connectivity index (χ2v) is 9.54. The Labute approximate surface area is 180 Å². The third kappa shape index (κ3) is 5.53. The lowest BCUT2D eigenvalue weighted by molar-refractivity contribution is -0.122. The van der Waals surface area contributed by atoms with Crippen molar-refractivity contribution < 1.29 is 17.9 Å². The third-order valence-corrected chi connectivity index (χ3v) is 6.44. The van der Waals surface area contributed by atoms with Crippen LogP contribution in [0.5, 0.6) is 5.75 Å². The van der Waals surface area contributed by atoms with Gasteiger partial charge in [-0.15, -0.1) is 0 Å². The Bertz CT molecular complexity index is 1000. The van der Waals surface area contributed by atoms with Gasteiger partial charge in [0.15, 0.2) is 0 Å². The Morgan fingerprint density at radius 2 is 1.60 bits per heavy atom. The highest BCUT2D eigenvalue weighted by molar-refractivity contribution is 7.92. The second kappa shape index (κ2) is 9.51. The lowest BCUT2D eigenvalue weighted by Gasteiger charge is -2.29. The number of anilines is 1. The van der Waals surface area contributed by atoms with Crippen LogP contribution in [0.3, 0.4) is 0 Å². The van der Waals surface area contributed by atoms with E-state index in [1.807, 2.05) is 27.7 Å². The molecule has 0 fully saturated rings. The molecule has 7 heteroatoms. The molecule has 2 rings (SSSR count). The molecule has 164 valence electrons. The lowest BCUT2D eigenvalue weighted by Crippen LogP contribution is -2.48. The molecule has 1 amide bonds. The Morgan fingerprint density at radius 3 is 2.13 bits per heavy atom. The molecule has 0 spiro atoms. The van der Waals surface area contributed by atoms with Gasteiger partial charge in [-0.25, -0.2) is 8.42 Å². The molecule has 0 aliphatic rings. The van der Waals surface area contributed by atoms with E-state index in [9.17, 15) is 13.2 Å². The van der Waals surface area contributed by atoms with Crippen molar-refractivity contribution in [3.05, 3.63) is 58.7 Å². The smallest absolute Gasteiger partial charge is 0.244 e. The molecule has 0 aliphatic heterocycles. The predicted molar refractivity (Wildman–Crippen MR) is 122 cm³/mol. The van der Waals surface area contributed by atoms with Gasteiger partial charge in [-0.05, 0) is 88.1 Å². The van der Waals surface area contributed by atoms with E-state index >= 15 is 0 Å². The summed E-state index contributed by atoms with van der Waals surface area (Å²) in [5.41, 5.74) is 4.87. The quantitative estimate of drug-likeness (QED) is 0.683. The maximum absolute atomic E-state index is 13.0. The van der Waals surface area contributed by atoms with Gasteiger partial charge in [0, 0.05) is 0 Å². The number of nitrogens with zero attached hydrogens (tertiary/aromatic N) is 1. The molecule has 0 saturated heterocycles. The molecule has 2 aromatic rings. The van der Waals surface area contributed by atoms with Gasteiger partial charge in [0.1, 0.15) is 11.8 Å². The zero-order valence-electron chi connectivity index (χ0n) is 18.8. The number of carbonyl (C=O) groups excluding carboxylic acids is 1. The summed E-state index contributed by atoms with van der Waals surface area (Å²) in [6, 6.07) is 9.69. The first-order valence-electron chi connectivity index (χ1n) is 10.1. The van der Waals surface area contributed by atoms with Crippen LogP contribution in [0.2, 0.25) is 0 Å². The minimum absolute atomic E-state index is 0.249. The molecule has 0 bridgehead atoms. The van der Waals surface area contributed by atoms with Gasteiger partial charge < -0.3 is 10.1 Å².